The largest absolute Gasteiger partial charge is 0.497 e. The molecule has 6 heteroatoms. The standard InChI is InChI=1S/C13H10F3NO2/c1-19-10-4-2-8(3-5-10)9-6-11(13(14,15)16)17-12(18)7-9/h2-7H,1H3,(H,17,18). The summed E-state index contributed by atoms with van der Waals surface area (Å²) in [6, 6.07) is 8.44. The second kappa shape index (κ2) is 4.79. The Labute approximate surface area is 106 Å². The molecule has 1 aromatic carbocycles. The van der Waals surface area contributed by atoms with E-state index < -0.39 is 17.4 Å². The zero-order chi connectivity index (χ0) is 14.0. The van der Waals surface area contributed by atoms with Crippen LogP contribution in [-0.2, 0) is 6.18 Å². The highest BCUT2D eigenvalue weighted by atomic mass is 19.4. The molecule has 0 amide bonds. The van der Waals surface area contributed by atoms with Gasteiger partial charge in [0.1, 0.15) is 11.4 Å². The molecule has 0 aliphatic rings. The maximum absolute atomic E-state index is 12.6. The summed E-state index contributed by atoms with van der Waals surface area (Å²) in [7, 11) is 1.49. The molecule has 1 aromatic heterocycles. The molecule has 1 N–H and O–H groups in total. The molecule has 0 bridgehead atoms. The Kier molecular flexibility index (Phi) is 3.33. The molecule has 0 aliphatic carbocycles. The minimum Gasteiger partial charge on any atom is -0.497 e. The van der Waals surface area contributed by atoms with Gasteiger partial charge in [-0.3, -0.25) is 4.79 Å². The van der Waals surface area contributed by atoms with Crippen molar-refractivity contribution in [2.24, 2.45) is 0 Å². The number of nitrogens with one attached hydrogen (secondary N) is 1. The van der Waals surface area contributed by atoms with E-state index in [9.17, 15) is 18.0 Å². The highest BCUT2D eigenvalue weighted by Gasteiger charge is 2.32. The van der Waals surface area contributed by atoms with Crippen molar-refractivity contribution >= 4 is 0 Å². The first-order valence-electron chi connectivity index (χ1n) is 5.36. The van der Waals surface area contributed by atoms with Crippen molar-refractivity contribution in [3.63, 3.8) is 0 Å². The second-order valence-corrected chi connectivity index (χ2v) is 3.87. The molecular weight excluding hydrogens is 259 g/mol. The Morgan fingerprint density at radius 3 is 2.21 bits per heavy atom. The maximum Gasteiger partial charge on any atom is 0.431 e. The number of benzene rings is 1. The Balaban J connectivity index is 2.49. The number of halogens is 3. The van der Waals surface area contributed by atoms with Crippen molar-refractivity contribution in [1.82, 2.24) is 4.98 Å². The minimum atomic E-state index is -4.58. The second-order valence-electron chi connectivity index (χ2n) is 3.87. The molecule has 0 saturated carbocycles. The van der Waals surface area contributed by atoms with Crippen molar-refractivity contribution < 1.29 is 17.9 Å². The lowest BCUT2D eigenvalue weighted by molar-refractivity contribution is -0.141. The van der Waals surface area contributed by atoms with E-state index in [0.29, 0.717) is 11.3 Å². The van der Waals surface area contributed by atoms with Crippen LogP contribution in [0.3, 0.4) is 0 Å². The minimum absolute atomic E-state index is 0.207. The van der Waals surface area contributed by atoms with Gasteiger partial charge in [-0.05, 0) is 29.3 Å². The summed E-state index contributed by atoms with van der Waals surface area (Å²) in [4.78, 5) is 13.0. The average molecular weight is 269 g/mol. The van der Waals surface area contributed by atoms with Gasteiger partial charge in [-0.2, -0.15) is 13.2 Å². The van der Waals surface area contributed by atoms with Crippen LogP contribution in [0, 0.1) is 0 Å². The van der Waals surface area contributed by atoms with Gasteiger partial charge in [0.05, 0.1) is 7.11 Å². The van der Waals surface area contributed by atoms with Crippen molar-refractivity contribution in [1.29, 1.82) is 0 Å². The Morgan fingerprint density at radius 2 is 1.68 bits per heavy atom. The number of hydrogen-bond donors (Lipinski definition) is 1. The summed E-state index contributed by atoms with van der Waals surface area (Å²) in [5.41, 5.74) is -1.14. The first-order chi connectivity index (χ1) is 8.90. The topological polar surface area (TPSA) is 42.1 Å². The molecule has 0 aliphatic heterocycles. The van der Waals surface area contributed by atoms with Gasteiger partial charge in [-0.1, -0.05) is 12.1 Å². The Morgan fingerprint density at radius 1 is 1.05 bits per heavy atom. The smallest absolute Gasteiger partial charge is 0.431 e. The molecular formula is C13H10F3NO2. The Hall–Kier alpha value is -2.24. The third-order valence-corrected chi connectivity index (χ3v) is 2.57. The highest BCUT2D eigenvalue weighted by Crippen LogP contribution is 2.30. The van der Waals surface area contributed by atoms with E-state index in [1.165, 1.54) is 7.11 Å². The normalized spacial score (nSPS) is 11.4. The van der Waals surface area contributed by atoms with Crippen molar-refractivity contribution in [2.75, 3.05) is 7.11 Å². The number of aromatic amines is 1. The summed E-state index contributed by atoms with van der Waals surface area (Å²) in [6.45, 7) is 0. The van der Waals surface area contributed by atoms with Gasteiger partial charge < -0.3 is 9.72 Å². The molecule has 19 heavy (non-hydrogen) atoms. The number of aromatic nitrogens is 1. The quantitative estimate of drug-likeness (QED) is 0.910. The monoisotopic (exact) mass is 269 g/mol. The Bertz CT molecular complexity index is 630. The number of alkyl halides is 3. The molecule has 2 aromatic rings. The first kappa shape index (κ1) is 13.2. The summed E-state index contributed by atoms with van der Waals surface area (Å²) in [5.74, 6) is 0.588. The van der Waals surface area contributed by atoms with E-state index in [1.54, 1.807) is 29.2 Å². The van der Waals surface area contributed by atoms with Gasteiger partial charge in [-0.25, -0.2) is 0 Å². The highest BCUT2D eigenvalue weighted by molar-refractivity contribution is 5.64. The van der Waals surface area contributed by atoms with Gasteiger partial charge in [0.15, 0.2) is 0 Å². The van der Waals surface area contributed by atoms with Crippen molar-refractivity contribution in [3.8, 4) is 16.9 Å². The number of methoxy groups -OCH3 is 1. The molecule has 100 valence electrons. The lowest BCUT2D eigenvalue weighted by Crippen LogP contribution is -2.15. The van der Waals surface area contributed by atoms with E-state index in [2.05, 4.69) is 0 Å². The van der Waals surface area contributed by atoms with Crippen LogP contribution in [-0.4, -0.2) is 12.1 Å². The zero-order valence-corrected chi connectivity index (χ0v) is 9.91. The lowest BCUT2D eigenvalue weighted by atomic mass is 10.1. The predicted octanol–water partition coefficient (Wildman–Crippen LogP) is 3.07. The molecule has 0 atom stereocenters. The average Bonchev–Trinajstić information content (AvgIpc) is 2.37. The molecule has 1 heterocycles. The van der Waals surface area contributed by atoms with Crippen LogP contribution in [0.5, 0.6) is 5.75 Å². The first-order valence-corrected chi connectivity index (χ1v) is 5.36. The maximum atomic E-state index is 12.6. The van der Waals surface area contributed by atoms with Gasteiger partial charge in [0.25, 0.3) is 0 Å². The number of ether oxygens (including phenoxy) is 1. The van der Waals surface area contributed by atoms with Gasteiger partial charge in [0.2, 0.25) is 5.56 Å². The number of H-pyrrole nitrogens is 1. The molecule has 0 spiro atoms. The fraction of sp³-hybridized carbons (Fsp3) is 0.154. The zero-order valence-electron chi connectivity index (χ0n) is 9.91. The van der Waals surface area contributed by atoms with Crippen molar-refractivity contribution in [2.45, 2.75) is 6.18 Å². The van der Waals surface area contributed by atoms with Crippen LogP contribution in [0.4, 0.5) is 13.2 Å². The van der Waals surface area contributed by atoms with Crippen molar-refractivity contribution in [3.05, 3.63) is 52.4 Å². The lowest BCUT2D eigenvalue weighted by Gasteiger charge is -2.09. The van der Waals surface area contributed by atoms with E-state index in [-0.39, 0.29) is 5.56 Å². The molecule has 0 fully saturated rings. The molecule has 0 radical (unpaired) electrons. The molecule has 3 nitrogen and oxygen atoms in total. The van der Waals surface area contributed by atoms with Crippen LogP contribution < -0.4 is 10.3 Å². The summed E-state index contributed by atoms with van der Waals surface area (Å²) < 4.78 is 42.7. The van der Waals surface area contributed by atoms with Crippen LogP contribution in [0.1, 0.15) is 5.69 Å². The summed E-state index contributed by atoms with van der Waals surface area (Å²) in [6.07, 6.45) is -4.58. The summed E-state index contributed by atoms with van der Waals surface area (Å²) in [5, 5.41) is 0. The SMILES string of the molecule is COc1ccc(-c2cc(C(F)(F)F)[nH]c(=O)c2)cc1. The van der Waals surface area contributed by atoms with Crippen LogP contribution in [0.15, 0.2) is 41.2 Å². The van der Waals surface area contributed by atoms with E-state index in [1.807, 2.05) is 0 Å². The van der Waals surface area contributed by atoms with Crippen LogP contribution in [0.25, 0.3) is 11.1 Å². The van der Waals surface area contributed by atoms with E-state index in [4.69, 9.17) is 4.74 Å². The van der Waals surface area contributed by atoms with E-state index in [0.717, 1.165) is 12.1 Å². The number of pyridine rings is 1. The third kappa shape index (κ3) is 2.96. The predicted molar refractivity (Wildman–Crippen MR) is 64.1 cm³/mol. The van der Waals surface area contributed by atoms with Crippen LogP contribution in [0.2, 0.25) is 0 Å². The molecule has 2 rings (SSSR count). The van der Waals surface area contributed by atoms with Gasteiger partial charge >= 0.3 is 6.18 Å². The van der Waals surface area contributed by atoms with Gasteiger partial charge in [-0.15, -0.1) is 0 Å². The third-order valence-electron chi connectivity index (χ3n) is 2.57. The molecule has 0 unspecified atom stereocenters. The van der Waals surface area contributed by atoms with E-state index >= 15 is 0 Å². The molecule has 0 saturated heterocycles. The fourth-order valence-electron chi connectivity index (χ4n) is 1.65. The number of rotatable bonds is 2. The fourth-order valence-corrected chi connectivity index (χ4v) is 1.65. The summed E-state index contributed by atoms with van der Waals surface area (Å²) >= 11 is 0. The number of hydrogen-bond acceptors (Lipinski definition) is 2. The van der Waals surface area contributed by atoms with Gasteiger partial charge in [0, 0.05) is 6.07 Å². The van der Waals surface area contributed by atoms with Crippen LogP contribution >= 0.6 is 0 Å².